The zero-order chi connectivity index (χ0) is 21.9. The van der Waals surface area contributed by atoms with Crippen LogP contribution in [-0.2, 0) is 9.59 Å². The lowest BCUT2D eigenvalue weighted by atomic mass is 10.2. The third kappa shape index (κ3) is 32.8. The highest BCUT2D eigenvalue weighted by Gasteiger charge is 2.17. The SMILES string of the molecule is CC(C)N(C(=O)CBr)C(C)C.CC(C)NC(C)C.ClCCl.O=C(Br)CBr. The van der Waals surface area contributed by atoms with E-state index in [9.17, 15) is 9.59 Å². The maximum atomic E-state index is 11.3. The van der Waals surface area contributed by atoms with E-state index < -0.39 is 0 Å². The van der Waals surface area contributed by atoms with Crippen molar-refractivity contribution < 1.29 is 9.59 Å². The Morgan fingerprint density at radius 1 is 0.846 bits per heavy atom. The first-order chi connectivity index (χ1) is 11.8. The van der Waals surface area contributed by atoms with Gasteiger partial charge in [-0.05, 0) is 43.6 Å². The summed E-state index contributed by atoms with van der Waals surface area (Å²) >= 11 is 18.3. The Kier molecular flexibility index (Phi) is 32.2. The molecule has 0 rings (SSSR count). The summed E-state index contributed by atoms with van der Waals surface area (Å²) in [6.07, 6.45) is 0. The second-order valence-corrected chi connectivity index (χ2v) is 9.00. The monoisotopic (exact) mass is 606 g/mol. The molecular weight excluding hydrogens is 575 g/mol. The van der Waals surface area contributed by atoms with E-state index in [0.717, 1.165) is 0 Å². The molecule has 0 aliphatic rings. The van der Waals surface area contributed by atoms with Crippen LogP contribution in [-0.4, -0.2) is 55.7 Å². The number of hydrogen-bond donors (Lipinski definition) is 1. The number of halogens is 5. The average molecular weight is 610 g/mol. The molecule has 0 aromatic heterocycles. The van der Waals surface area contributed by atoms with Crippen molar-refractivity contribution in [2.24, 2.45) is 0 Å². The van der Waals surface area contributed by atoms with E-state index in [2.05, 4.69) is 80.8 Å². The van der Waals surface area contributed by atoms with Gasteiger partial charge in [-0.25, -0.2) is 0 Å². The first-order valence-electron chi connectivity index (χ1n) is 8.31. The van der Waals surface area contributed by atoms with Crippen molar-refractivity contribution in [3.05, 3.63) is 0 Å². The second kappa shape index (κ2) is 24.2. The molecule has 0 heterocycles. The summed E-state index contributed by atoms with van der Waals surface area (Å²) in [5.41, 5.74) is 0. The van der Waals surface area contributed by atoms with Gasteiger partial charge in [-0.1, -0.05) is 59.6 Å². The largest absolute Gasteiger partial charge is 0.337 e. The molecule has 0 atom stereocenters. The zero-order valence-corrected chi connectivity index (χ0v) is 23.4. The van der Waals surface area contributed by atoms with Gasteiger partial charge in [-0.2, -0.15) is 0 Å². The number of nitrogens with one attached hydrogen (secondary N) is 1. The van der Waals surface area contributed by atoms with Crippen LogP contribution in [0.4, 0.5) is 0 Å². The molecular formula is C17H35Br3Cl2N2O2. The van der Waals surface area contributed by atoms with E-state index in [1.165, 1.54) is 0 Å². The molecule has 0 radical (unpaired) electrons. The molecule has 0 saturated heterocycles. The lowest BCUT2D eigenvalue weighted by molar-refractivity contribution is -0.131. The predicted molar refractivity (Wildman–Crippen MR) is 129 cm³/mol. The summed E-state index contributed by atoms with van der Waals surface area (Å²) < 4.78 is -0.0162. The van der Waals surface area contributed by atoms with E-state index in [4.69, 9.17) is 23.2 Å². The minimum atomic E-state index is -0.0162. The van der Waals surface area contributed by atoms with Crippen LogP contribution in [0.5, 0.6) is 0 Å². The fourth-order valence-electron chi connectivity index (χ4n) is 1.91. The van der Waals surface area contributed by atoms with Crippen LogP contribution >= 0.6 is 71.0 Å². The molecule has 0 fully saturated rings. The van der Waals surface area contributed by atoms with Gasteiger partial charge in [0.05, 0.1) is 16.0 Å². The number of rotatable bonds is 6. The van der Waals surface area contributed by atoms with Crippen molar-refractivity contribution in [2.45, 2.75) is 79.6 Å². The molecule has 0 aromatic rings. The van der Waals surface area contributed by atoms with E-state index in [1.807, 2.05) is 32.6 Å². The maximum absolute atomic E-state index is 11.3. The lowest BCUT2D eigenvalue weighted by Crippen LogP contribution is -2.42. The van der Waals surface area contributed by atoms with Crippen LogP contribution < -0.4 is 5.32 Å². The zero-order valence-electron chi connectivity index (χ0n) is 17.1. The third-order valence-corrected chi connectivity index (χ3v) is 4.31. The molecule has 1 N–H and O–H groups in total. The molecule has 0 saturated carbocycles. The van der Waals surface area contributed by atoms with Crippen LogP contribution in [0.1, 0.15) is 55.4 Å². The Balaban J connectivity index is -0.000000139. The normalized spacial score (nSPS) is 9.73. The molecule has 0 spiro atoms. The van der Waals surface area contributed by atoms with Gasteiger partial charge in [0, 0.05) is 24.2 Å². The van der Waals surface area contributed by atoms with Gasteiger partial charge in [0.15, 0.2) is 0 Å². The molecule has 9 heteroatoms. The van der Waals surface area contributed by atoms with Gasteiger partial charge in [0.1, 0.15) is 0 Å². The maximum Gasteiger partial charge on any atom is 0.233 e. The molecule has 0 aliphatic carbocycles. The van der Waals surface area contributed by atoms with Crippen molar-refractivity contribution in [2.75, 3.05) is 16.0 Å². The third-order valence-electron chi connectivity index (χ3n) is 2.29. The van der Waals surface area contributed by atoms with E-state index in [1.54, 1.807) is 0 Å². The Hall–Kier alpha value is 1.12. The van der Waals surface area contributed by atoms with Crippen LogP contribution in [0.2, 0.25) is 0 Å². The smallest absolute Gasteiger partial charge is 0.233 e. The summed E-state index contributed by atoms with van der Waals surface area (Å²) in [6, 6.07) is 1.83. The molecule has 0 aromatic carbocycles. The molecule has 0 aliphatic heterocycles. The second-order valence-electron chi connectivity index (χ2n) is 6.19. The van der Waals surface area contributed by atoms with Crippen molar-refractivity contribution in [3.8, 4) is 0 Å². The van der Waals surface area contributed by atoms with Gasteiger partial charge >= 0.3 is 0 Å². The number of carbonyl (C=O) groups excluding carboxylic acids is 2. The summed E-state index contributed by atoms with van der Waals surface area (Å²) in [5, 5.41) is 4.32. The molecule has 26 heavy (non-hydrogen) atoms. The van der Waals surface area contributed by atoms with E-state index in [0.29, 0.717) is 34.8 Å². The van der Waals surface area contributed by atoms with Gasteiger partial charge in [0.25, 0.3) is 0 Å². The van der Waals surface area contributed by atoms with Crippen LogP contribution in [0.3, 0.4) is 0 Å². The minimum Gasteiger partial charge on any atom is -0.337 e. The Morgan fingerprint density at radius 3 is 1.15 bits per heavy atom. The van der Waals surface area contributed by atoms with Crippen LogP contribution in [0.15, 0.2) is 0 Å². The molecule has 0 bridgehead atoms. The Bertz CT molecular complexity index is 319. The van der Waals surface area contributed by atoms with Gasteiger partial charge in [-0.3, -0.25) is 9.59 Å². The summed E-state index contributed by atoms with van der Waals surface area (Å²) in [7, 11) is 0. The molecule has 4 nitrogen and oxygen atoms in total. The number of carbonyl (C=O) groups is 2. The van der Waals surface area contributed by atoms with Crippen LogP contribution in [0, 0.1) is 0 Å². The molecule has 0 unspecified atom stereocenters. The fraction of sp³-hybridized carbons (Fsp3) is 0.882. The number of hydrogen-bond acceptors (Lipinski definition) is 3. The Morgan fingerprint density at radius 2 is 1.12 bits per heavy atom. The topological polar surface area (TPSA) is 49.4 Å². The minimum absolute atomic E-state index is 0.0162. The van der Waals surface area contributed by atoms with Crippen LogP contribution in [0.25, 0.3) is 0 Å². The van der Waals surface area contributed by atoms with Crippen molar-refractivity contribution >= 4 is 81.6 Å². The molecule has 1 amide bonds. The first-order valence-corrected chi connectivity index (χ1v) is 12.4. The highest BCUT2D eigenvalue weighted by Crippen LogP contribution is 2.06. The number of nitrogens with zero attached hydrogens (tertiary/aromatic N) is 1. The quantitative estimate of drug-likeness (QED) is 0.291. The lowest BCUT2D eigenvalue weighted by Gasteiger charge is -2.30. The fourth-order valence-corrected chi connectivity index (χ4v) is 2.20. The summed E-state index contributed by atoms with van der Waals surface area (Å²) in [4.78, 5) is 22.8. The summed E-state index contributed by atoms with van der Waals surface area (Å²) in [6.45, 7) is 16.7. The molecule has 160 valence electrons. The van der Waals surface area contributed by atoms with Crippen molar-refractivity contribution in [1.29, 1.82) is 0 Å². The number of amides is 1. The standard InChI is InChI=1S/C8H16BrNO.C6H15N.C2H2Br2O.CH2Cl2/c1-6(2)10(7(3)4)8(11)5-9;1-5(2)7-6(3)4;3-1-2(4)5;2-1-3/h6-7H,5H2,1-4H3;5-7H,1-4H3;1H2;1H2. The van der Waals surface area contributed by atoms with E-state index >= 15 is 0 Å². The average Bonchev–Trinajstić information content (AvgIpc) is 2.46. The van der Waals surface area contributed by atoms with Gasteiger partial charge < -0.3 is 10.2 Å². The van der Waals surface area contributed by atoms with Crippen molar-refractivity contribution in [1.82, 2.24) is 10.2 Å². The summed E-state index contributed by atoms with van der Waals surface area (Å²) in [5.74, 6) is 0.162. The van der Waals surface area contributed by atoms with E-state index in [-0.39, 0.29) is 15.9 Å². The van der Waals surface area contributed by atoms with Crippen molar-refractivity contribution in [3.63, 3.8) is 0 Å². The first kappa shape index (κ1) is 34.6. The Labute approximate surface area is 195 Å². The highest BCUT2D eigenvalue weighted by molar-refractivity contribution is 9.19. The number of alkyl halides is 4. The predicted octanol–water partition coefficient (Wildman–Crippen LogP) is 6.14. The highest BCUT2D eigenvalue weighted by atomic mass is 79.9. The van der Waals surface area contributed by atoms with Gasteiger partial charge in [-0.15, -0.1) is 23.2 Å². The van der Waals surface area contributed by atoms with Gasteiger partial charge in [0.2, 0.25) is 10.6 Å².